The van der Waals surface area contributed by atoms with Crippen molar-refractivity contribution in [2.24, 2.45) is 17.8 Å². The van der Waals surface area contributed by atoms with Gasteiger partial charge in [0.2, 0.25) is 5.91 Å². The molecule has 1 amide bonds. The lowest BCUT2D eigenvalue weighted by atomic mass is 9.77. The Morgan fingerprint density at radius 3 is 2.65 bits per heavy atom. The number of anilines is 1. The van der Waals surface area contributed by atoms with E-state index in [4.69, 9.17) is 0 Å². The molecule has 7 nitrogen and oxygen atoms in total. The van der Waals surface area contributed by atoms with E-state index in [9.17, 15) is 14.0 Å². The number of likely N-dealkylation sites (tertiary alicyclic amines) is 1. The van der Waals surface area contributed by atoms with Crippen LogP contribution in [-0.4, -0.2) is 51.3 Å². The molecule has 1 saturated heterocycles. The number of hydrogen-bond acceptors (Lipinski definition) is 5. The molecule has 0 spiro atoms. The molecule has 2 aliphatic rings. The Labute approximate surface area is 217 Å². The summed E-state index contributed by atoms with van der Waals surface area (Å²) in [6.07, 6.45) is 7.48. The van der Waals surface area contributed by atoms with E-state index in [0.29, 0.717) is 23.5 Å². The molecule has 0 unspecified atom stereocenters. The molecule has 1 N–H and O–H groups in total. The van der Waals surface area contributed by atoms with Crippen molar-refractivity contribution < 1.29 is 14.0 Å². The van der Waals surface area contributed by atoms with Crippen molar-refractivity contribution in [3.8, 4) is 11.1 Å². The van der Waals surface area contributed by atoms with Gasteiger partial charge in [-0.05, 0) is 87.9 Å². The number of amides is 1. The normalized spacial score (nSPS) is 20.8. The second kappa shape index (κ2) is 10.3. The molecule has 1 aliphatic heterocycles. The summed E-state index contributed by atoms with van der Waals surface area (Å²) < 4.78 is 16.9. The number of rotatable bonds is 7. The van der Waals surface area contributed by atoms with E-state index in [1.54, 1.807) is 12.5 Å². The van der Waals surface area contributed by atoms with Crippen LogP contribution in [0, 0.1) is 30.5 Å². The molecule has 1 aromatic carbocycles. The Balaban J connectivity index is 1.30. The molecule has 3 aromatic rings. The summed E-state index contributed by atoms with van der Waals surface area (Å²) in [5.74, 6) is 0.683. The summed E-state index contributed by atoms with van der Waals surface area (Å²) in [4.78, 5) is 36.6. The zero-order chi connectivity index (χ0) is 26.3. The number of imidazole rings is 1. The SMILES string of the molecule is Cc1cnc(NC(=O)[C@H]2CCC[C@@H](CC(=O)C3CN(C)C3)C2)cc1-c1cc(F)c2ncn(C(C)C)c2c1. The number of Topliss-reactive ketones (excluding diaryl/α,β-unsaturated/α-hetero) is 1. The van der Waals surface area contributed by atoms with E-state index in [2.05, 4.69) is 20.2 Å². The van der Waals surface area contributed by atoms with Gasteiger partial charge in [0, 0.05) is 43.6 Å². The van der Waals surface area contributed by atoms with Crippen LogP contribution in [0.1, 0.15) is 57.6 Å². The van der Waals surface area contributed by atoms with Gasteiger partial charge in [0.15, 0.2) is 5.82 Å². The highest BCUT2D eigenvalue weighted by Crippen LogP contribution is 2.34. The minimum absolute atomic E-state index is 0.0534. The fourth-order valence-electron chi connectivity index (χ4n) is 5.86. The van der Waals surface area contributed by atoms with Gasteiger partial charge >= 0.3 is 0 Å². The van der Waals surface area contributed by atoms with Crippen molar-refractivity contribution in [3.63, 3.8) is 0 Å². The largest absolute Gasteiger partial charge is 0.328 e. The summed E-state index contributed by atoms with van der Waals surface area (Å²) in [6.45, 7) is 7.71. The van der Waals surface area contributed by atoms with Gasteiger partial charge in [-0.15, -0.1) is 0 Å². The molecule has 2 atom stereocenters. The zero-order valence-electron chi connectivity index (χ0n) is 22.1. The van der Waals surface area contributed by atoms with Crippen LogP contribution in [0.3, 0.4) is 0 Å². The summed E-state index contributed by atoms with van der Waals surface area (Å²) in [7, 11) is 2.03. The van der Waals surface area contributed by atoms with Gasteiger partial charge in [0.1, 0.15) is 17.1 Å². The van der Waals surface area contributed by atoms with E-state index in [1.807, 2.05) is 44.5 Å². The topological polar surface area (TPSA) is 80.1 Å². The summed E-state index contributed by atoms with van der Waals surface area (Å²) >= 11 is 0. The van der Waals surface area contributed by atoms with Crippen molar-refractivity contribution >= 4 is 28.5 Å². The minimum atomic E-state index is -0.370. The van der Waals surface area contributed by atoms with Crippen LogP contribution in [0.15, 0.2) is 30.7 Å². The standard InChI is InChI=1S/C29H36FN5O2/c1-17(2)35-16-32-28-24(30)10-21(11-25(28)35)23-12-27(31-13-18(23)3)33-29(37)20-7-5-6-19(8-20)9-26(36)22-14-34(4)15-22/h10-13,16-17,19-20,22H,5-9,14-15H2,1-4H3,(H,31,33,37)/t19-,20+/m1/s1. The van der Waals surface area contributed by atoms with Crippen LogP contribution in [0.2, 0.25) is 0 Å². The number of aromatic nitrogens is 3. The van der Waals surface area contributed by atoms with Crippen molar-refractivity contribution in [1.29, 1.82) is 0 Å². The molecular weight excluding hydrogens is 469 g/mol. The number of nitrogens with one attached hydrogen (secondary N) is 1. The van der Waals surface area contributed by atoms with Gasteiger partial charge < -0.3 is 14.8 Å². The first-order valence-corrected chi connectivity index (χ1v) is 13.3. The molecule has 1 aliphatic carbocycles. The Morgan fingerprint density at radius 1 is 1.14 bits per heavy atom. The average molecular weight is 506 g/mol. The number of pyridine rings is 1. The fourth-order valence-corrected chi connectivity index (χ4v) is 5.86. The lowest BCUT2D eigenvalue weighted by Gasteiger charge is -2.36. The molecule has 2 fully saturated rings. The predicted molar refractivity (Wildman–Crippen MR) is 143 cm³/mol. The van der Waals surface area contributed by atoms with Crippen molar-refractivity contribution in [1.82, 2.24) is 19.4 Å². The summed E-state index contributed by atoms with van der Waals surface area (Å²) in [6, 6.07) is 5.41. The zero-order valence-corrected chi connectivity index (χ0v) is 22.1. The number of benzene rings is 1. The van der Waals surface area contributed by atoms with Gasteiger partial charge in [-0.2, -0.15) is 0 Å². The van der Waals surface area contributed by atoms with Gasteiger partial charge in [0.05, 0.1) is 11.8 Å². The molecule has 8 heteroatoms. The Hall–Kier alpha value is -3.13. The molecule has 3 heterocycles. The highest BCUT2D eigenvalue weighted by atomic mass is 19.1. The van der Waals surface area contributed by atoms with Crippen LogP contribution in [0.25, 0.3) is 22.2 Å². The maximum atomic E-state index is 14.9. The van der Waals surface area contributed by atoms with Gasteiger partial charge in [0.25, 0.3) is 0 Å². The van der Waals surface area contributed by atoms with E-state index < -0.39 is 0 Å². The minimum Gasteiger partial charge on any atom is -0.328 e. The number of carbonyl (C=O) groups excluding carboxylic acids is 2. The number of nitrogens with zero attached hydrogens (tertiary/aromatic N) is 4. The smallest absolute Gasteiger partial charge is 0.228 e. The van der Waals surface area contributed by atoms with Crippen molar-refractivity contribution in [2.75, 3.05) is 25.5 Å². The van der Waals surface area contributed by atoms with Crippen LogP contribution in [-0.2, 0) is 9.59 Å². The van der Waals surface area contributed by atoms with Gasteiger partial charge in [-0.3, -0.25) is 9.59 Å². The van der Waals surface area contributed by atoms with Crippen LogP contribution in [0.4, 0.5) is 10.2 Å². The first-order valence-electron chi connectivity index (χ1n) is 13.3. The molecular formula is C29H36FN5O2. The second-order valence-electron chi connectivity index (χ2n) is 11.3. The van der Waals surface area contributed by atoms with E-state index in [-0.39, 0.29) is 35.5 Å². The average Bonchev–Trinajstić information content (AvgIpc) is 3.28. The Bertz CT molecular complexity index is 1330. The van der Waals surface area contributed by atoms with E-state index in [0.717, 1.165) is 61.0 Å². The number of carbonyl (C=O) groups is 2. The lowest BCUT2D eigenvalue weighted by Crippen LogP contribution is -2.48. The first-order chi connectivity index (χ1) is 17.7. The summed E-state index contributed by atoms with van der Waals surface area (Å²) in [5, 5.41) is 3.00. The first kappa shape index (κ1) is 25.5. The Morgan fingerprint density at radius 2 is 1.92 bits per heavy atom. The third kappa shape index (κ3) is 5.30. The van der Waals surface area contributed by atoms with Crippen molar-refractivity contribution in [2.45, 2.75) is 58.9 Å². The quantitative estimate of drug-likeness (QED) is 0.466. The van der Waals surface area contributed by atoms with E-state index >= 15 is 0 Å². The predicted octanol–water partition coefficient (Wildman–Crippen LogP) is 5.39. The third-order valence-corrected chi connectivity index (χ3v) is 8.02. The molecule has 5 rings (SSSR count). The van der Waals surface area contributed by atoms with E-state index in [1.165, 1.54) is 6.07 Å². The van der Waals surface area contributed by atoms with Crippen LogP contribution >= 0.6 is 0 Å². The molecule has 1 saturated carbocycles. The van der Waals surface area contributed by atoms with Crippen LogP contribution in [0.5, 0.6) is 0 Å². The maximum absolute atomic E-state index is 14.9. The molecule has 0 radical (unpaired) electrons. The van der Waals surface area contributed by atoms with Crippen molar-refractivity contribution in [3.05, 3.63) is 42.1 Å². The number of ketones is 1. The second-order valence-corrected chi connectivity index (χ2v) is 11.3. The maximum Gasteiger partial charge on any atom is 0.228 e. The third-order valence-electron chi connectivity index (χ3n) is 8.02. The Kier molecular flexibility index (Phi) is 7.12. The summed E-state index contributed by atoms with van der Waals surface area (Å²) in [5.41, 5.74) is 3.53. The molecule has 37 heavy (non-hydrogen) atoms. The fraction of sp³-hybridized carbons (Fsp3) is 0.517. The number of fused-ring (bicyclic) bond motifs is 1. The van der Waals surface area contributed by atoms with Crippen LogP contribution < -0.4 is 5.32 Å². The number of aryl methyl sites for hydroxylation is 1. The highest BCUT2D eigenvalue weighted by molar-refractivity contribution is 5.93. The lowest BCUT2D eigenvalue weighted by molar-refractivity contribution is -0.129. The van der Waals surface area contributed by atoms with Gasteiger partial charge in [-0.25, -0.2) is 14.4 Å². The molecule has 2 aromatic heterocycles. The molecule has 0 bridgehead atoms. The highest BCUT2D eigenvalue weighted by Gasteiger charge is 2.34. The monoisotopic (exact) mass is 505 g/mol. The number of hydrogen-bond donors (Lipinski definition) is 1. The van der Waals surface area contributed by atoms with Gasteiger partial charge in [-0.1, -0.05) is 6.42 Å². The molecule has 196 valence electrons. The number of halogens is 1.